The number of carbonyl (C=O) groups is 1. The molecule has 21 heavy (non-hydrogen) atoms. The molecule has 1 rings (SSSR count). The van der Waals surface area contributed by atoms with Gasteiger partial charge >= 0.3 is 0 Å². The molecule has 0 saturated carbocycles. The molecular weight excluding hydrogens is 286 g/mol. The molecule has 1 heterocycles. The lowest BCUT2D eigenvalue weighted by atomic mass is 10.1. The number of aryl methyl sites for hydroxylation is 1. The van der Waals surface area contributed by atoms with Crippen LogP contribution in [0.3, 0.4) is 0 Å². The van der Waals surface area contributed by atoms with Gasteiger partial charge in [0.1, 0.15) is 0 Å². The molecule has 0 aliphatic heterocycles. The molecule has 0 spiro atoms. The fourth-order valence-electron chi connectivity index (χ4n) is 1.99. The number of carbonyl (C=O) groups excluding carboxylic acids is 1. The first-order chi connectivity index (χ1) is 9.76. The minimum Gasteiger partial charge on any atom is -0.351 e. The van der Waals surface area contributed by atoms with E-state index in [-0.39, 0.29) is 22.8 Å². The topological polar surface area (TPSA) is 74.8 Å². The summed E-state index contributed by atoms with van der Waals surface area (Å²) in [5, 5.41) is 3.41. The molecule has 5 nitrogen and oxygen atoms in total. The van der Waals surface area contributed by atoms with E-state index in [1.165, 1.54) is 11.8 Å². The fourth-order valence-corrected chi connectivity index (χ4v) is 2.67. The van der Waals surface area contributed by atoms with E-state index in [4.69, 9.17) is 0 Å². The van der Waals surface area contributed by atoms with Crippen molar-refractivity contribution in [3.63, 3.8) is 0 Å². The first-order valence-electron chi connectivity index (χ1n) is 7.32. The van der Waals surface area contributed by atoms with E-state index in [0.29, 0.717) is 11.6 Å². The zero-order valence-corrected chi connectivity index (χ0v) is 14.3. The third-order valence-corrected chi connectivity index (χ3v) is 3.65. The molecule has 1 aromatic rings. The van der Waals surface area contributed by atoms with Crippen LogP contribution in [0.25, 0.3) is 0 Å². The summed E-state index contributed by atoms with van der Waals surface area (Å²) in [5.41, 5.74) is 1.26. The van der Waals surface area contributed by atoms with E-state index in [2.05, 4.69) is 22.2 Å². The highest BCUT2D eigenvalue weighted by molar-refractivity contribution is 7.99. The summed E-state index contributed by atoms with van der Waals surface area (Å²) in [5.74, 6) is 0.184. The second-order valence-corrected chi connectivity index (χ2v) is 6.95. The van der Waals surface area contributed by atoms with Crippen molar-refractivity contribution < 1.29 is 4.79 Å². The van der Waals surface area contributed by atoms with E-state index in [0.717, 1.165) is 24.1 Å². The lowest BCUT2D eigenvalue weighted by Gasteiger charge is -2.20. The van der Waals surface area contributed by atoms with E-state index >= 15 is 0 Å². The van der Waals surface area contributed by atoms with Crippen molar-refractivity contribution in [3.8, 4) is 0 Å². The molecule has 0 saturated heterocycles. The molecule has 118 valence electrons. The van der Waals surface area contributed by atoms with Crippen LogP contribution >= 0.6 is 11.8 Å². The molecule has 0 aliphatic carbocycles. The number of nitrogens with zero attached hydrogens (tertiary/aromatic N) is 1. The molecule has 0 atom stereocenters. The van der Waals surface area contributed by atoms with Gasteiger partial charge in [-0.2, -0.15) is 0 Å². The van der Waals surface area contributed by atoms with Gasteiger partial charge in [0, 0.05) is 11.1 Å². The molecule has 1 amide bonds. The predicted molar refractivity (Wildman–Crippen MR) is 86.9 cm³/mol. The standard InChI is InChI=1S/C15H25N3O2S/c1-6-8-11-10(7-2)13(20)17-14(16-11)21-9-12(19)18-15(3,4)5/h6-9H2,1-5H3,(H,18,19)(H,16,17,20). The van der Waals surface area contributed by atoms with E-state index in [1.807, 2.05) is 27.7 Å². The Morgan fingerprint density at radius 2 is 2.00 bits per heavy atom. The Balaban J connectivity index is 2.80. The summed E-state index contributed by atoms with van der Waals surface area (Å²) in [6.07, 6.45) is 2.40. The Kier molecular flexibility index (Phi) is 6.45. The van der Waals surface area contributed by atoms with Crippen LogP contribution in [-0.4, -0.2) is 27.2 Å². The van der Waals surface area contributed by atoms with Crippen molar-refractivity contribution in [2.24, 2.45) is 0 Å². The second kappa shape index (κ2) is 7.64. The lowest BCUT2D eigenvalue weighted by Crippen LogP contribution is -2.41. The van der Waals surface area contributed by atoms with Gasteiger partial charge in [0.25, 0.3) is 5.56 Å². The first kappa shape index (κ1) is 17.8. The molecule has 0 fully saturated rings. The number of hydrogen-bond acceptors (Lipinski definition) is 4. The number of aromatic nitrogens is 2. The number of thioether (sulfide) groups is 1. The Morgan fingerprint density at radius 1 is 1.33 bits per heavy atom. The summed E-state index contributed by atoms with van der Waals surface area (Å²) < 4.78 is 0. The summed E-state index contributed by atoms with van der Waals surface area (Å²) in [6, 6.07) is 0. The molecule has 2 N–H and O–H groups in total. The van der Waals surface area contributed by atoms with Gasteiger partial charge in [0.15, 0.2) is 5.16 Å². The molecule has 0 bridgehead atoms. The van der Waals surface area contributed by atoms with Gasteiger partial charge in [-0.25, -0.2) is 4.98 Å². The zero-order valence-electron chi connectivity index (χ0n) is 13.5. The predicted octanol–water partition coefficient (Wildman–Crippen LogP) is 2.29. The fraction of sp³-hybridized carbons (Fsp3) is 0.667. The maximum Gasteiger partial charge on any atom is 0.254 e. The van der Waals surface area contributed by atoms with Crippen LogP contribution in [0, 0.1) is 0 Å². The molecular formula is C15H25N3O2S. The van der Waals surface area contributed by atoms with Crippen LogP contribution in [0.2, 0.25) is 0 Å². The van der Waals surface area contributed by atoms with Crippen LogP contribution in [-0.2, 0) is 17.6 Å². The maximum absolute atomic E-state index is 12.0. The summed E-state index contributed by atoms with van der Waals surface area (Å²) in [4.78, 5) is 31.1. The molecule has 0 aliphatic rings. The largest absolute Gasteiger partial charge is 0.351 e. The van der Waals surface area contributed by atoms with Gasteiger partial charge in [0.05, 0.1) is 11.4 Å². The molecule has 0 aromatic carbocycles. The number of rotatable bonds is 6. The summed E-state index contributed by atoms with van der Waals surface area (Å²) in [6.45, 7) is 9.82. The number of hydrogen-bond donors (Lipinski definition) is 2. The van der Waals surface area contributed by atoms with E-state index in [9.17, 15) is 9.59 Å². The van der Waals surface area contributed by atoms with E-state index < -0.39 is 0 Å². The quantitative estimate of drug-likeness (QED) is 0.624. The Bertz CT molecular complexity index is 547. The zero-order chi connectivity index (χ0) is 16.0. The number of H-pyrrole nitrogens is 1. The third kappa shape index (κ3) is 5.91. The number of aromatic amines is 1. The highest BCUT2D eigenvalue weighted by Gasteiger charge is 2.15. The summed E-state index contributed by atoms with van der Waals surface area (Å²) in [7, 11) is 0. The van der Waals surface area contributed by atoms with E-state index in [1.54, 1.807) is 0 Å². The smallest absolute Gasteiger partial charge is 0.254 e. The van der Waals surface area contributed by atoms with Gasteiger partial charge in [0.2, 0.25) is 5.91 Å². The van der Waals surface area contributed by atoms with Crippen molar-refractivity contribution in [1.82, 2.24) is 15.3 Å². The van der Waals surface area contributed by atoms with Crippen molar-refractivity contribution in [3.05, 3.63) is 21.6 Å². The van der Waals surface area contributed by atoms with Gasteiger partial charge < -0.3 is 10.3 Å². The van der Waals surface area contributed by atoms with Gasteiger partial charge in [-0.05, 0) is 33.6 Å². The monoisotopic (exact) mass is 311 g/mol. The first-order valence-corrected chi connectivity index (χ1v) is 8.31. The molecule has 0 unspecified atom stereocenters. The Labute approximate surface area is 130 Å². The minimum absolute atomic E-state index is 0.0632. The van der Waals surface area contributed by atoms with Crippen LogP contribution < -0.4 is 10.9 Å². The highest BCUT2D eigenvalue weighted by atomic mass is 32.2. The van der Waals surface area contributed by atoms with Crippen LogP contribution in [0.15, 0.2) is 9.95 Å². The van der Waals surface area contributed by atoms with Crippen LogP contribution in [0.5, 0.6) is 0 Å². The summed E-state index contributed by atoms with van der Waals surface area (Å²) >= 11 is 1.26. The SMILES string of the molecule is CCCc1nc(SCC(=O)NC(C)(C)C)[nH]c(=O)c1CC. The van der Waals surface area contributed by atoms with Crippen LogP contribution in [0.1, 0.15) is 52.3 Å². The average Bonchev–Trinajstić information content (AvgIpc) is 2.34. The van der Waals surface area contributed by atoms with Gasteiger partial charge in [-0.1, -0.05) is 32.0 Å². The lowest BCUT2D eigenvalue weighted by molar-refractivity contribution is -0.119. The van der Waals surface area contributed by atoms with Gasteiger partial charge in [-0.3, -0.25) is 9.59 Å². The van der Waals surface area contributed by atoms with Crippen molar-refractivity contribution >= 4 is 17.7 Å². The van der Waals surface area contributed by atoms with Crippen molar-refractivity contribution in [2.75, 3.05) is 5.75 Å². The Hall–Kier alpha value is -1.30. The van der Waals surface area contributed by atoms with Gasteiger partial charge in [-0.15, -0.1) is 0 Å². The maximum atomic E-state index is 12.0. The molecule has 1 aromatic heterocycles. The van der Waals surface area contributed by atoms with Crippen LogP contribution in [0.4, 0.5) is 0 Å². The highest BCUT2D eigenvalue weighted by Crippen LogP contribution is 2.14. The second-order valence-electron chi connectivity index (χ2n) is 5.99. The minimum atomic E-state index is -0.252. The Morgan fingerprint density at radius 3 is 2.52 bits per heavy atom. The molecule has 6 heteroatoms. The van der Waals surface area contributed by atoms with Crippen molar-refractivity contribution in [1.29, 1.82) is 0 Å². The number of amides is 1. The third-order valence-electron chi connectivity index (χ3n) is 2.77. The van der Waals surface area contributed by atoms with Crippen molar-refractivity contribution in [2.45, 2.75) is 64.6 Å². The average molecular weight is 311 g/mol. The normalized spacial score (nSPS) is 11.5. The molecule has 0 radical (unpaired) electrons. The number of nitrogens with one attached hydrogen (secondary N) is 2.